The number of carboxylic acid groups (broad SMARTS) is 2. The Labute approximate surface area is 342 Å². The lowest BCUT2D eigenvalue weighted by Gasteiger charge is -2.28. The molecule has 0 saturated heterocycles. The smallest absolute Gasteiger partial charge is 0.326 e. The summed E-state index contributed by atoms with van der Waals surface area (Å²) in [4.78, 5) is 126. The molecule has 0 spiro atoms. The Morgan fingerprint density at radius 3 is 1.25 bits per heavy atom. The minimum absolute atomic E-state index is 0.0185. The molecule has 0 aromatic rings. The number of carboxylic acids is 2. The van der Waals surface area contributed by atoms with Gasteiger partial charge in [-0.05, 0) is 69.7 Å². The maximum atomic E-state index is 13.8. The first-order valence-corrected chi connectivity index (χ1v) is 19.4. The van der Waals surface area contributed by atoms with E-state index < -0.39 is 121 Å². The number of nitrogens with two attached hydrogens (primary N) is 4. The topological polar surface area (TPSA) is 408 Å². The fourth-order valence-corrected chi connectivity index (χ4v) is 5.51. The van der Waals surface area contributed by atoms with Crippen molar-refractivity contribution in [3.8, 4) is 0 Å². The van der Waals surface area contributed by atoms with Crippen molar-refractivity contribution in [1.82, 2.24) is 31.9 Å². The Morgan fingerprint density at radius 2 is 0.864 bits per heavy atom. The molecular weight excluding hydrogens is 780 g/mol. The lowest BCUT2D eigenvalue weighted by molar-refractivity contribution is -0.143. The van der Waals surface area contributed by atoms with Crippen LogP contribution in [0.25, 0.3) is 0 Å². The monoisotopic (exact) mass is 844 g/mol. The third-order valence-electron chi connectivity index (χ3n) is 8.69. The molecule has 0 saturated carbocycles. The van der Waals surface area contributed by atoms with Gasteiger partial charge in [-0.1, -0.05) is 27.7 Å². The second-order valence-electron chi connectivity index (χ2n) is 15.0. The summed E-state index contributed by atoms with van der Waals surface area (Å²) >= 11 is 0. The number of amides is 8. The molecule has 0 rings (SSSR count). The molecular formula is C36H64N10O13. The van der Waals surface area contributed by atoms with Gasteiger partial charge in [0.25, 0.3) is 0 Å². The van der Waals surface area contributed by atoms with Crippen LogP contribution in [0.1, 0.15) is 98.3 Å². The number of rotatable bonds is 31. The van der Waals surface area contributed by atoms with E-state index >= 15 is 0 Å². The number of aliphatic hydroxyl groups excluding tert-OH is 1. The van der Waals surface area contributed by atoms with Crippen LogP contribution in [0.15, 0.2) is 0 Å². The van der Waals surface area contributed by atoms with Crippen molar-refractivity contribution in [2.75, 3.05) is 13.2 Å². The van der Waals surface area contributed by atoms with Gasteiger partial charge in [0.05, 0.1) is 12.6 Å². The summed E-state index contributed by atoms with van der Waals surface area (Å²) in [6, 6.07) is -10.0. The number of carbonyl (C=O) groups excluding carboxylic acids is 8. The van der Waals surface area contributed by atoms with Gasteiger partial charge in [-0.25, -0.2) is 4.79 Å². The Hall–Kier alpha value is -5.42. The molecule has 0 aliphatic heterocycles. The van der Waals surface area contributed by atoms with E-state index in [0.717, 1.165) is 0 Å². The highest BCUT2D eigenvalue weighted by Crippen LogP contribution is 2.11. The first-order chi connectivity index (χ1) is 27.5. The zero-order valence-electron chi connectivity index (χ0n) is 34.1. The van der Waals surface area contributed by atoms with Gasteiger partial charge >= 0.3 is 11.9 Å². The Bertz CT molecular complexity index is 1460. The minimum Gasteiger partial charge on any atom is -0.481 e. The number of aliphatic carboxylic acids is 2. The summed E-state index contributed by atoms with van der Waals surface area (Å²) in [5, 5.41) is 42.7. The third-order valence-corrected chi connectivity index (χ3v) is 8.69. The third kappa shape index (κ3) is 22.9. The van der Waals surface area contributed by atoms with Gasteiger partial charge in [0, 0.05) is 19.3 Å². The van der Waals surface area contributed by atoms with Crippen molar-refractivity contribution in [1.29, 1.82) is 0 Å². The predicted molar refractivity (Wildman–Crippen MR) is 210 cm³/mol. The molecule has 0 aliphatic carbocycles. The highest BCUT2D eigenvalue weighted by molar-refractivity contribution is 5.97. The van der Waals surface area contributed by atoms with E-state index in [2.05, 4.69) is 31.9 Å². The van der Waals surface area contributed by atoms with Crippen molar-refractivity contribution in [3.05, 3.63) is 0 Å². The number of nitrogens with one attached hydrogen (secondary N) is 6. The molecule has 336 valence electrons. The second kappa shape index (κ2) is 28.1. The standard InChI is InChI=1S/C36H64N10O13/c1-18(2)15-24(34(56)43-23(10-12-28(40)49)33(55)45-25(36(58)59)16-19(3)4)44-32(54)22(9-11-27(39)48)42-31(53)21(7-5-6-14-37)41-35(57)26(17-47)46-30(52)20(38)8-13-29(50)51/h18-26,47H,5-17,37-38H2,1-4H3,(H2,39,48)(H2,40,49)(H,41,57)(H,42,53)(H,43,56)(H,44,54)(H,45,55)(H,46,52)(H,50,51)(H,58,59)/t20-,21-,22-,23-,24-,25-,26-/m0/s1. The van der Waals surface area contributed by atoms with Crippen LogP contribution in [-0.4, -0.2) is 130 Å². The Morgan fingerprint density at radius 1 is 0.492 bits per heavy atom. The quantitative estimate of drug-likeness (QED) is 0.0295. The molecule has 0 aromatic heterocycles. The van der Waals surface area contributed by atoms with Crippen LogP contribution >= 0.6 is 0 Å². The van der Waals surface area contributed by atoms with Crippen LogP contribution in [0, 0.1) is 11.8 Å². The van der Waals surface area contributed by atoms with E-state index in [-0.39, 0.29) is 69.7 Å². The zero-order valence-corrected chi connectivity index (χ0v) is 34.1. The van der Waals surface area contributed by atoms with Crippen molar-refractivity contribution >= 4 is 59.2 Å². The summed E-state index contributed by atoms with van der Waals surface area (Å²) in [6.07, 6.45) is -1.48. The number of aliphatic hydroxyl groups is 1. The molecule has 0 heterocycles. The molecule has 7 atom stereocenters. The van der Waals surface area contributed by atoms with Crippen LogP contribution in [0.5, 0.6) is 0 Å². The van der Waals surface area contributed by atoms with Crippen molar-refractivity contribution < 1.29 is 63.3 Å². The Balaban J connectivity index is 6.39. The highest BCUT2D eigenvalue weighted by atomic mass is 16.4. The SMILES string of the molecule is CC(C)C[C@H](NC(=O)[C@H](CCC(N)=O)NC(=O)[C@H](CC(C)C)NC(=O)[C@H](CCC(N)=O)NC(=O)[C@H](CCCCN)NC(=O)[C@H](CO)NC(=O)[C@@H](N)CCC(=O)O)C(=O)O. The van der Waals surface area contributed by atoms with E-state index in [4.69, 9.17) is 28.0 Å². The normalized spacial score (nSPS) is 14.7. The largest absolute Gasteiger partial charge is 0.481 e. The van der Waals surface area contributed by atoms with Crippen molar-refractivity contribution in [2.24, 2.45) is 34.8 Å². The molecule has 0 bridgehead atoms. The summed E-state index contributed by atoms with van der Waals surface area (Å²) in [5.74, 6) is -10.3. The fraction of sp³-hybridized carbons (Fsp3) is 0.722. The van der Waals surface area contributed by atoms with Crippen molar-refractivity contribution in [3.63, 3.8) is 0 Å². The molecule has 59 heavy (non-hydrogen) atoms. The molecule has 0 radical (unpaired) electrons. The molecule has 0 aliphatic rings. The maximum absolute atomic E-state index is 13.8. The molecule has 23 nitrogen and oxygen atoms in total. The Kier molecular flexibility index (Phi) is 25.5. The number of hydrogen-bond acceptors (Lipinski definition) is 13. The van der Waals surface area contributed by atoms with Crippen LogP contribution < -0.4 is 54.8 Å². The van der Waals surface area contributed by atoms with Gasteiger partial charge < -0.3 is 70.2 Å². The van der Waals surface area contributed by atoms with Crippen LogP contribution in [0.2, 0.25) is 0 Å². The van der Waals surface area contributed by atoms with Gasteiger partial charge in [0.2, 0.25) is 47.3 Å². The van der Waals surface area contributed by atoms with E-state index in [9.17, 15) is 58.2 Å². The highest BCUT2D eigenvalue weighted by Gasteiger charge is 2.34. The molecule has 0 unspecified atom stereocenters. The average molecular weight is 845 g/mol. The van der Waals surface area contributed by atoms with Crippen LogP contribution in [-0.2, 0) is 47.9 Å². The lowest BCUT2D eigenvalue weighted by Crippen LogP contribution is -2.60. The van der Waals surface area contributed by atoms with Crippen molar-refractivity contribution in [2.45, 2.75) is 141 Å². The fourth-order valence-electron chi connectivity index (χ4n) is 5.51. The van der Waals surface area contributed by atoms with Crippen LogP contribution in [0.4, 0.5) is 0 Å². The maximum Gasteiger partial charge on any atom is 0.326 e. The minimum atomic E-state index is -1.62. The van der Waals surface area contributed by atoms with Gasteiger partial charge in [0.15, 0.2) is 0 Å². The van der Waals surface area contributed by atoms with E-state index in [0.29, 0.717) is 6.42 Å². The summed E-state index contributed by atoms with van der Waals surface area (Å²) in [5.41, 5.74) is 21.9. The molecule has 17 N–H and O–H groups in total. The number of primary amides is 2. The number of hydrogen-bond donors (Lipinski definition) is 13. The summed E-state index contributed by atoms with van der Waals surface area (Å²) in [6.45, 7) is 6.21. The molecule has 8 amide bonds. The lowest BCUT2D eigenvalue weighted by atomic mass is 10.00. The molecule has 0 fully saturated rings. The van der Waals surface area contributed by atoms with E-state index in [1.165, 1.54) is 0 Å². The summed E-state index contributed by atoms with van der Waals surface area (Å²) < 4.78 is 0. The van der Waals surface area contributed by atoms with Gasteiger partial charge in [-0.2, -0.15) is 0 Å². The number of carbonyl (C=O) groups is 10. The number of unbranched alkanes of at least 4 members (excludes halogenated alkanes) is 1. The first kappa shape index (κ1) is 53.6. The summed E-state index contributed by atoms with van der Waals surface area (Å²) in [7, 11) is 0. The van der Waals surface area contributed by atoms with Crippen LogP contribution in [0.3, 0.4) is 0 Å². The zero-order chi connectivity index (χ0) is 45.4. The van der Waals surface area contributed by atoms with Gasteiger partial charge in [-0.15, -0.1) is 0 Å². The van der Waals surface area contributed by atoms with E-state index in [1.54, 1.807) is 27.7 Å². The predicted octanol–water partition coefficient (Wildman–Crippen LogP) is -4.08. The van der Waals surface area contributed by atoms with Gasteiger partial charge in [-0.3, -0.25) is 43.2 Å². The molecule has 23 heteroatoms. The molecule has 0 aromatic carbocycles. The second-order valence-corrected chi connectivity index (χ2v) is 15.0. The van der Waals surface area contributed by atoms with Gasteiger partial charge in [0.1, 0.15) is 36.3 Å². The average Bonchev–Trinajstić information content (AvgIpc) is 3.13. The first-order valence-electron chi connectivity index (χ1n) is 19.4. The van der Waals surface area contributed by atoms with E-state index in [1.807, 2.05) is 0 Å².